The van der Waals surface area contributed by atoms with Gasteiger partial charge < -0.3 is 8.83 Å². The third-order valence-corrected chi connectivity index (χ3v) is 10.4. The number of benzene rings is 7. The minimum absolute atomic E-state index is 0.591. The molecule has 11 rings (SSSR count). The molecular formula is C47H29N3O2. The Kier molecular flexibility index (Phi) is 6.31. The summed E-state index contributed by atoms with van der Waals surface area (Å²) in [5.41, 5.74) is 8.33. The summed E-state index contributed by atoms with van der Waals surface area (Å²) in [7, 11) is 0. The van der Waals surface area contributed by atoms with E-state index in [0.29, 0.717) is 17.5 Å². The van der Waals surface area contributed by atoms with E-state index in [4.69, 9.17) is 23.8 Å². The second kappa shape index (κ2) is 11.3. The molecule has 0 N–H and O–H groups in total. The molecule has 5 heteroatoms. The van der Waals surface area contributed by atoms with Crippen molar-refractivity contribution in [3.8, 4) is 34.2 Å². The lowest BCUT2D eigenvalue weighted by Gasteiger charge is -2.16. The van der Waals surface area contributed by atoms with Crippen molar-refractivity contribution in [3.05, 3.63) is 162 Å². The van der Waals surface area contributed by atoms with Gasteiger partial charge in [-0.15, -0.1) is 0 Å². The van der Waals surface area contributed by atoms with Crippen LogP contribution < -0.4 is 10.6 Å². The summed E-state index contributed by atoms with van der Waals surface area (Å²) in [4.78, 5) is 15.9. The zero-order valence-corrected chi connectivity index (χ0v) is 28.0. The summed E-state index contributed by atoms with van der Waals surface area (Å²) >= 11 is 0. The number of nitrogens with zero attached hydrogens (tertiary/aromatic N) is 3. The molecule has 5 nitrogen and oxygen atoms in total. The molecule has 3 aromatic heterocycles. The highest BCUT2D eigenvalue weighted by Gasteiger charge is 2.25. The van der Waals surface area contributed by atoms with E-state index in [0.717, 1.165) is 95.0 Å². The molecule has 0 bridgehead atoms. The van der Waals surface area contributed by atoms with Gasteiger partial charge in [0.25, 0.3) is 0 Å². The van der Waals surface area contributed by atoms with Gasteiger partial charge >= 0.3 is 0 Å². The van der Waals surface area contributed by atoms with Crippen molar-refractivity contribution < 1.29 is 8.83 Å². The maximum absolute atomic E-state index is 6.65. The largest absolute Gasteiger partial charge is 0.456 e. The van der Waals surface area contributed by atoms with Gasteiger partial charge in [-0.05, 0) is 70.3 Å². The first-order chi connectivity index (χ1) is 25.7. The summed E-state index contributed by atoms with van der Waals surface area (Å²) in [6, 6.07) is 50.3. The van der Waals surface area contributed by atoms with Crippen LogP contribution in [0.2, 0.25) is 0 Å². The minimum atomic E-state index is 0.591. The quantitative estimate of drug-likeness (QED) is 0.187. The van der Waals surface area contributed by atoms with E-state index in [1.54, 1.807) is 0 Å². The average molecular weight is 668 g/mol. The highest BCUT2D eigenvalue weighted by molar-refractivity contribution is 6.14. The second-order valence-corrected chi connectivity index (χ2v) is 13.5. The maximum atomic E-state index is 6.65. The Morgan fingerprint density at radius 3 is 1.73 bits per heavy atom. The third-order valence-electron chi connectivity index (χ3n) is 10.4. The molecule has 52 heavy (non-hydrogen) atoms. The van der Waals surface area contributed by atoms with Gasteiger partial charge in [-0.1, -0.05) is 121 Å². The number of rotatable bonds is 4. The minimum Gasteiger partial charge on any atom is -0.456 e. The summed E-state index contributed by atoms with van der Waals surface area (Å²) in [5, 5.41) is 8.86. The van der Waals surface area contributed by atoms with E-state index in [9.17, 15) is 0 Å². The van der Waals surface area contributed by atoms with Gasteiger partial charge in [-0.3, -0.25) is 0 Å². The fourth-order valence-corrected chi connectivity index (χ4v) is 7.93. The van der Waals surface area contributed by atoms with E-state index in [1.807, 2.05) is 24.3 Å². The molecule has 3 heterocycles. The van der Waals surface area contributed by atoms with Crippen LogP contribution in [0.15, 0.2) is 154 Å². The van der Waals surface area contributed by atoms with E-state index in [2.05, 4.69) is 127 Å². The SMILES string of the molecule is C1=c2c(oc3ccccc23)=C(c2ccc3oc4ccccc4c3c2-c2nc(-c3ccc4ccccc4c3)nc(-c3ccc4ccccc4c3)n2)CC1. The molecule has 1 aliphatic rings. The number of fused-ring (bicyclic) bond motifs is 8. The summed E-state index contributed by atoms with van der Waals surface area (Å²) < 4.78 is 13.1. The topological polar surface area (TPSA) is 65.0 Å². The van der Waals surface area contributed by atoms with Crippen LogP contribution in [0.4, 0.5) is 0 Å². The predicted octanol–water partition coefficient (Wildman–Crippen LogP) is 10.6. The highest BCUT2D eigenvalue weighted by Crippen LogP contribution is 2.42. The number of furan rings is 2. The maximum Gasteiger partial charge on any atom is 0.165 e. The van der Waals surface area contributed by atoms with E-state index >= 15 is 0 Å². The van der Waals surface area contributed by atoms with Crippen molar-refractivity contribution in [2.75, 3.05) is 0 Å². The molecule has 0 amide bonds. The van der Waals surface area contributed by atoms with Crippen LogP contribution >= 0.6 is 0 Å². The molecule has 0 saturated carbocycles. The molecule has 10 aromatic rings. The van der Waals surface area contributed by atoms with Crippen LogP contribution in [-0.4, -0.2) is 15.0 Å². The van der Waals surface area contributed by atoms with Crippen LogP contribution in [0.25, 0.3) is 100 Å². The Hall–Kier alpha value is -6.85. The summed E-state index contributed by atoms with van der Waals surface area (Å²) in [6.45, 7) is 0. The molecule has 0 aliphatic heterocycles. The molecule has 0 saturated heterocycles. The highest BCUT2D eigenvalue weighted by atomic mass is 16.3. The van der Waals surface area contributed by atoms with Crippen LogP contribution in [0.5, 0.6) is 0 Å². The monoisotopic (exact) mass is 667 g/mol. The molecule has 1 aliphatic carbocycles. The molecule has 244 valence electrons. The van der Waals surface area contributed by atoms with Gasteiger partial charge in [0.05, 0.1) is 0 Å². The molecule has 0 fully saturated rings. The molecule has 7 aromatic carbocycles. The number of hydrogen-bond donors (Lipinski definition) is 0. The van der Waals surface area contributed by atoms with Gasteiger partial charge in [-0.2, -0.15) is 0 Å². The Bertz CT molecular complexity index is 3110. The zero-order chi connectivity index (χ0) is 34.2. The van der Waals surface area contributed by atoms with Crippen molar-refractivity contribution in [2.45, 2.75) is 12.8 Å². The first kappa shape index (κ1) is 28.9. The molecule has 0 atom stereocenters. The van der Waals surface area contributed by atoms with E-state index in [-0.39, 0.29) is 0 Å². The van der Waals surface area contributed by atoms with E-state index < -0.39 is 0 Å². The summed E-state index contributed by atoms with van der Waals surface area (Å²) in [5.74, 6) is 1.82. The Labute approximate surface area is 297 Å². The Balaban J connectivity index is 1.26. The van der Waals surface area contributed by atoms with Crippen LogP contribution in [-0.2, 0) is 0 Å². The van der Waals surface area contributed by atoms with Crippen molar-refractivity contribution in [1.82, 2.24) is 15.0 Å². The number of hydrogen-bond acceptors (Lipinski definition) is 5. The van der Waals surface area contributed by atoms with Gasteiger partial charge in [0.15, 0.2) is 17.5 Å². The lowest BCUT2D eigenvalue weighted by molar-refractivity contribution is 0.568. The fourth-order valence-electron chi connectivity index (χ4n) is 7.93. The second-order valence-electron chi connectivity index (χ2n) is 13.5. The van der Waals surface area contributed by atoms with Crippen LogP contribution in [0.3, 0.4) is 0 Å². The fraction of sp³-hybridized carbons (Fsp3) is 0.0426. The lowest BCUT2D eigenvalue weighted by atomic mass is 9.90. The molecule has 0 radical (unpaired) electrons. The number of para-hydroxylation sites is 2. The van der Waals surface area contributed by atoms with Gasteiger partial charge in [-0.25, -0.2) is 15.0 Å². The zero-order valence-electron chi connectivity index (χ0n) is 28.0. The molecular weight excluding hydrogens is 639 g/mol. The van der Waals surface area contributed by atoms with E-state index in [1.165, 1.54) is 10.8 Å². The van der Waals surface area contributed by atoms with Crippen molar-refractivity contribution >= 4 is 66.1 Å². The van der Waals surface area contributed by atoms with Gasteiger partial charge in [0, 0.05) is 43.6 Å². The van der Waals surface area contributed by atoms with Gasteiger partial charge in [0.2, 0.25) is 0 Å². The average Bonchev–Trinajstić information content (AvgIpc) is 3.79. The Morgan fingerprint density at radius 2 is 1.04 bits per heavy atom. The standard InChI is InChI=1S/C47H29N3O2/c1-3-12-30-26-32(22-20-28(30)10-1)45-48-46(33-23-21-29-11-2-4-13-31(29)27-33)50-47(49-45)43-35(24-25-41-42(43)38-15-6-8-19-40(38)51-41)37-17-9-16-36-34-14-5-7-18-39(34)52-44(36)37/h1-8,10-16,18-27H,9,17H2. The van der Waals surface area contributed by atoms with Crippen molar-refractivity contribution in [2.24, 2.45) is 0 Å². The predicted molar refractivity (Wildman–Crippen MR) is 210 cm³/mol. The molecule has 0 unspecified atom stereocenters. The molecule has 0 spiro atoms. The first-order valence-corrected chi connectivity index (χ1v) is 17.7. The Morgan fingerprint density at radius 1 is 0.462 bits per heavy atom. The lowest BCUT2D eigenvalue weighted by Crippen LogP contribution is -2.26. The van der Waals surface area contributed by atoms with Crippen LogP contribution in [0, 0.1) is 0 Å². The normalized spacial score (nSPS) is 13.0. The smallest absolute Gasteiger partial charge is 0.165 e. The number of aromatic nitrogens is 3. The van der Waals surface area contributed by atoms with Crippen molar-refractivity contribution in [3.63, 3.8) is 0 Å². The third kappa shape index (κ3) is 4.53. The summed E-state index contributed by atoms with van der Waals surface area (Å²) in [6.07, 6.45) is 4.02. The first-order valence-electron chi connectivity index (χ1n) is 17.7. The van der Waals surface area contributed by atoms with Crippen molar-refractivity contribution in [1.29, 1.82) is 0 Å². The van der Waals surface area contributed by atoms with Crippen LogP contribution in [0.1, 0.15) is 18.4 Å². The van der Waals surface area contributed by atoms with Gasteiger partial charge in [0.1, 0.15) is 22.2 Å².